The Morgan fingerprint density at radius 1 is 1.15 bits per heavy atom. The van der Waals surface area contributed by atoms with Gasteiger partial charge in [-0.2, -0.15) is 5.10 Å². The largest absolute Gasteiger partial charge is 0.363 e. The number of aromatic nitrogens is 2. The molecule has 4 rings (SSSR count). The molecule has 2 aliphatic heterocycles. The van der Waals surface area contributed by atoms with Crippen LogP contribution in [0.2, 0.25) is 0 Å². The van der Waals surface area contributed by atoms with Gasteiger partial charge in [-0.3, -0.25) is 4.79 Å². The fourth-order valence-corrected chi connectivity index (χ4v) is 4.21. The van der Waals surface area contributed by atoms with Crippen molar-refractivity contribution in [3.8, 4) is 0 Å². The Hall–Kier alpha value is -2.34. The molecule has 1 unspecified atom stereocenters. The predicted octanol–water partition coefficient (Wildman–Crippen LogP) is 2.95. The first-order valence-corrected chi connectivity index (χ1v) is 9.83. The van der Waals surface area contributed by atoms with Crippen molar-refractivity contribution in [2.24, 2.45) is 0 Å². The van der Waals surface area contributed by atoms with Gasteiger partial charge >= 0.3 is 0 Å². The number of carbonyl (C=O) groups is 1. The zero-order valence-corrected chi connectivity index (χ0v) is 16.5. The van der Waals surface area contributed by atoms with Gasteiger partial charge in [0.25, 0.3) is 5.91 Å². The molecule has 3 heterocycles. The van der Waals surface area contributed by atoms with Gasteiger partial charge in [-0.1, -0.05) is 30.3 Å². The van der Waals surface area contributed by atoms with Crippen molar-refractivity contribution in [2.75, 3.05) is 38.5 Å². The average molecular weight is 367 g/mol. The fraction of sp³-hybridized carbons (Fsp3) is 0.524. The molecule has 1 aromatic carbocycles. The highest BCUT2D eigenvalue weighted by Crippen LogP contribution is 2.40. The Balaban J connectivity index is 1.64. The van der Waals surface area contributed by atoms with E-state index < -0.39 is 0 Å². The maximum atomic E-state index is 13.3. The zero-order valence-electron chi connectivity index (χ0n) is 16.5. The van der Waals surface area contributed by atoms with Gasteiger partial charge < -0.3 is 15.1 Å². The van der Waals surface area contributed by atoms with E-state index in [0.29, 0.717) is 5.56 Å². The van der Waals surface area contributed by atoms with Crippen LogP contribution in [0.25, 0.3) is 0 Å². The van der Waals surface area contributed by atoms with Crippen LogP contribution in [-0.2, 0) is 5.54 Å². The minimum Gasteiger partial charge on any atom is -0.363 e. The molecule has 27 heavy (non-hydrogen) atoms. The first-order chi connectivity index (χ1) is 13.0. The molecule has 0 spiro atoms. The summed E-state index contributed by atoms with van der Waals surface area (Å²) in [4.78, 5) is 17.5. The number of benzene rings is 1. The van der Waals surface area contributed by atoms with Crippen LogP contribution in [0.3, 0.4) is 0 Å². The lowest BCUT2D eigenvalue weighted by Crippen LogP contribution is -2.39. The SMILES string of the molecule is CN1CCCN(C(=O)c2cnn3c2NC(c2ccccc2)CC3(C)C)CC1. The Morgan fingerprint density at radius 2 is 1.93 bits per heavy atom. The van der Waals surface area contributed by atoms with Crippen molar-refractivity contribution in [3.63, 3.8) is 0 Å². The van der Waals surface area contributed by atoms with E-state index in [-0.39, 0.29) is 17.5 Å². The lowest BCUT2D eigenvalue weighted by Gasteiger charge is -2.38. The number of rotatable bonds is 2. The van der Waals surface area contributed by atoms with E-state index >= 15 is 0 Å². The molecule has 0 radical (unpaired) electrons. The number of likely N-dealkylation sites (N-methyl/N-ethyl adjacent to an activating group) is 1. The van der Waals surface area contributed by atoms with E-state index in [1.54, 1.807) is 6.20 Å². The normalized spacial score (nSPS) is 22.6. The Bertz CT molecular complexity index is 813. The minimum absolute atomic E-state index is 0.0866. The van der Waals surface area contributed by atoms with E-state index in [1.165, 1.54) is 5.56 Å². The van der Waals surface area contributed by atoms with Crippen molar-refractivity contribution >= 4 is 11.7 Å². The van der Waals surface area contributed by atoms with Gasteiger partial charge in [-0.05, 0) is 45.8 Å². The Kier molecular flexibility index (Phi) is 4.68. The van der Waals surface area contributed by atoms with E-state index in [0.717, 1.165) is 44.8 Å². The number of anilines is 1. The summed E-state index contributed by atoms with van der Waals surface area (Å²) in [6.45, 7) is 7.91. The van der Waals surface area contributed by atoms with Gasteiger partial charge in [0.15, 0.2) is 0 Å². The Labute approximate surface area is 161 Å². The summed E-state index contributed by atoms with van der Waals surface area (Å²) < 4.78 is 1.99. The molecule has 0 saturated carbocycles. The zero-order chi connectivity index (χ0) is 19.0. The first kappa shape index (κ1) is 18.0. The predicted molar refractivity (Wildman–Crippen MR) is 107 cm³/mol. The molecule has 0 aliphatic carbocycles. The third-order valence-electron chi connectivity index (χ3n) is 5.80. The minimum atomic E-state index is -0.154. The lowest BCUT2D eigenvalue weighted by molar-refractivity contribution is 0.0763. The van der Waals surface area contributed by atoms with Crippen LogP contribution in [0, 0.1) is 0 Å². The van der Waals surface area contributed by atoms with Crippen molar-refractivity contribution in [3.05, 3.63) is 47.7 Å². The number of carbonyl (C=O) groups excluding carboxylic acids is 1. The van der Waals surface area contributed by atoms with Crippen LogP contribution in [0.1, 0.15) is 48.7 Å². The highest BCUT2D eigenvalue weighted by Gasteiger charge is 2.37. The third kappa shape index (κ3) is 3.46. The number of nitrogens with one attached hydrogen (secondary N) is 1. The number of hydrogen-bond donors (Lipinski definition) is 1. The molecule has 6 heteroatoms. The maximum absolute atomic E-state index is 13.3. The summed E-state index contributed by atoms with van der Waals surface area (Å²) in [6.07, 6.45) is 3.68. The second-order valence-corrected chi connectivity index (χ2v) is 8.39. The molecular weight excluding hydrogens is 338 g/mol. The number of hydrogen-bond acceptors (Lipinski definition) is 4. The van der Waals surface area contributed by atoms with Crippen molar-refractivity contribution in [1.29, 1.82) is 0 Å². The third-order valence-corrected chi connectivity index (χ3v) is 5.80. The fourth-order valence-electron chi connectivity index (χ4n) is 4.21. The van der Waals surface area contributed by atoms with Crippen LogP contribution in [-0.4, -0.2) is 58.7 Å². The number of amides is 1. The van der Waals surface area contributed by atoms with E-state index in [1.807, 2.05) is 15.6 Å². The molecule has 1 amide bonds. The van der Waals surface area contributed by atoms with Gasteiger partial charge in [0.05, 0.1) is 17.8 Å². The van der Waals surface area contributed by atoms with Crippen LogP contribution in [0.15, 0.2) is 36.5 Å². The summed E-state index contributed by atoms with van der Waals surface area (Å²) in [5.74, 6) is 0.936. The summed E-state index contributed by atoms with van der Waals surface area (Å²) in [5, 5.41) is 8.19. The Morgan fingerprint density at radius 3 is 2.70 bits per heavy atom. The topological polar surface area (TPSA) is 53.4 Å². The monoisotopic (exact) mass is 367 g/mol. The van der Waals surface area contributed by atoms with Crippen molar-refractivity contribution < 1.29 is 4.79 Å². The van der Waals surface area contributed by atoms with E-state index in [9.17, 15) is 4.79 Å². The maximum Gasteiger partial charge on any atom is 0.259 e. The molecule has 1 aromatic heterocycles. The standard InChI is InChI=1S/C21H29N5O/c1-21(2)14-18(16-8-5-4-6-9-16)23-19-17(15-22-26(19)21)20(27)25-11-7-10-24(3)12-13-25/h4-6,8-9,15,18,23H,7,10-14H2,1-3H3. The summed E-state index contributed by atoms with van der Waals surface area (Å²) in [6, 6.07) is 10.6. The van der Waals surface area contributed by atoms with Crippen molar-refractivity contribution in [2.45, 2.75) is 38.3 Å². The summed E-state index contributed by atoms with van der Waals surface area (Å²) >= 11 is 0. The quantitative estimate of drug-likeness (QED) is 0.887. The van der Waals surface area contributed by atoms with E-state index in [2.05, 4.69) is 60.5 Å². The van der Waals surface area contributed by atoms with Gasteiger partial charge in [0.2, 0.25) is 0 Å². The molecule has 2 aliphatic rings. The molecule has 6 nitrogen and oxygen atoms in total. The molecule has 0 bridgehead atoms. The summed E-state index contributed by atoms with van der Waals surface area (Å²) in [7, 11) is 2.12. The van der Waals surface area contributed by atoms with Crippen LogP contribution < -0.4 is 5.32 Å². The average Bonchev–Trinajstić information content (AvgIpc) is 2.97. The van der Waals surface area contributed by atoms with E-state index in [4.69, 9.17) is 0 Å². The molecule has 1 atom stereocenters. The van der Waals surface area contributed by atoms with Crippen molar-refractivity contribution in [1.82, 2.24) is 19.6 Å². The molecule has 1 saturated heterocycles. The van der Waals surface area contributed by atoms with Gasteiger partial charge in [-0.25, -0.2) is 4.68 Å². The van der Waals surface area contributed by atoms with Crippen LogP contribution >= 0.6 is 0 Å². The van der Waals surface area contributed by atoms with Gasteiger partial charge in [0, 0.05) is 19.6 Å². The second kappa shape index (κ2) is 7.00. The molecular formula is C21H29N5O. The number of nitrogens with zero attached hydrogens (tertiary/aromatic N) is 4. The highest BCUT2D eigenvalue weighted by atomic mass is 16.2. The van der Waals surface area contributed by atoms with Gasteiger partial charge in [-0.15, -0.1) is 0 Å². The van der Waals surface area contributed by atoms with Gasteiger partial charge in [0.1, 0.15) is 11.4 Å². The molecule has 1 fully saturated rings. The first-order valence-electron chi connectivity index (χ1n) is 9.83. The molecule has 2 aromatic rings. The smallest absolute Gasteiger partial charge is 0.259 e. The van der Waals surface area contributed by atoms with Crippen LogP contribution in [0.5, 0.6) is 0 Å². The van der Waals surface area contributed by atoms with Crippen LogP contribution in [0.4, 0.5) is 5.82 Å². The lowest BCUT2D eigenvalue weighted by atomic mass is 9.89. The highest BCUT2D eigenvalue weighted by molar-refractivity contribution is 5.99. The molecule has 1 N–H and O–H groups in total. The molecule has 144 valence electrons. The summed E-state index contributed by atoms with van der Waals surface area (Å²) in [5.41, 5.74) is 1.78. The second-order valence-electron chi connectivity index (χ2n) is 8.39. The number of fused-ring (bicyclic) bond motifs is 1.